The van der Waals surface area contributed by atoms with Crippen molar-refractivity contribution in [1.29, 1.82) is 0 Å². The second-order valence-corrected chi connectivity index (χ2v) is 6.53. The van der Waals surface area contributed by atoms with E-state index in [-0.39, 0.29) is 11.1 Å². The monoisotopic (exact) mass is 264 g/mol. The maximum absolute atomic E-state index is 4.28. The summed E-state index contributed by atoms with van der Waals surface area (Å²) >= 11 is 0. The summed E-state index contributed by atoms with van der Waals surface area (Å²) in [6, 6.07) is 0. The van der Waals surface area contributed by atoms with Gasteiger partial charge in [-0.2, -0.15) is 5.10 Å². The second-order valence-electron chi connectivity index (χ2n) is 6.53. The van der Waals surface area contributed by atoms with Crippen LogP contribution in [-0.4, -0.2) is 38.8 Å². The number of aromatic nitrogens is 2. The molecule has 1 aliphatic heterocycles. The molecule has 19 heavy (non-hydrogen) atoms. The van der Waals surface area contributed by atoms with E-state index in [9.17, 15) is 0 Å². The highest BCUT2D eigenvalue weighted by molar-refractivity contribution is 5.08. The van der Waals surface area contributed by atoms with Crippen LogP contribution in [0.2, 0.25) is 0 Å². The van der Waals surface area contributed by atoms with Gasteiger partial charge >= 0.3 is 0 Å². The highest BCUT2D eigenvalue weighted by Crippen LogP contribution is 2.29. The van der Waals surface area contributed by atoms with E-state index in [1.54, 1.807) is 0 Å². The Morgan fingerprint density at radius 2 is 2.00 bits per heavy atom. The largest absolute Gasteiger partial charge is 0.308 e. The fourth-order valence-corrected chi connectivity index (χ4v) is 2.92. The zero-order chi connectivity index (χ0) is 14.1. The van der Waals surface area contributed by atoms with Crippen molar-refractivity contribution in [3.05, 3.63) is 18.0 Å². The van der Waals surface area contributed by atoms with Gasteiger partial charge in [-0.05, 0) is 26.7 Å². The summed E-state index contributed by atoms with van der Waals surface area (Å²) in [5, 5.41) is 8.06. The van der Waals surface area contributed by atoms with E-state index >= 15 is 0 Å². The minimum atomic E-state index is 0.198. The molecule has 0 unspecified atom stereocenters. The third kappa shape index (κ3) is 3.00. The first-order valence-electron chi connectivity index (χ1n) is 7.38. The summed E-state index contributed by atoms with van der Waals surface area (Å²) in [7, 11) is 1.98. The van der Waals surface area contributed by atoms with E-state index in [0.29, 0.717) is 0 Å². The Morgan fingerprint density at radius 3 is 2.53 bits per heavy atom. The number of nitrogens with zero attached hydrogens (tertiary/aromatic N) is 3. The minimum Gasteiger partial charge on any atom is -0.308 e. The Hall–Kier alpha value is -0.870. The lowest BCUT2D eigenvalue weighted by atomic mass is 9.85. The van der Waals surface area contributed by atoms with Crippen molar-refractivity contribution in [3.63, 3.8) is 0 Å². The number of hydrogen-bond acceptors (Lipinski definition) is 3. The maximum Gasteiger partial charge on any atom is 0.0534 e. The van der Waals surface area contributed by atoms with Crippen LogP contribution in [0.3, 0.4) is 0 Å². The van der Waals surface area contributed by atoms with Gasteiger partial charge in [0.1, 0.15) is 0 Å². The molecule has 1 N–H and O–H groups in total. The fourth-order valence-electron chi connectivity index (χ4n) is 2.92. The van der Waals surface area contributed by atoms with E-state index in [1.807, 2.05) is 17.9 Å². The number of nitrogens with one attached hydrogen (secondary N) is 1. The van der Waals surface area contributed by atoms with Crippen LogP contribution in [0.4, 0.5) is 0 Å². The average Bonchev–Trinajstić information content (AvgIpc) is 2.78. The molecule has 1 saturated heterocycles. The summed E-state index contributed by atoms with van der Waals surface area (Å²) in [5.74, 6) is 0. The molecule has 1 fully saturated rings. The molecule has 0 aromatic carbocycles. The van der Waals surface area contributed by atoms with Gasteiger partial charge in [0.25, 0.3) is 0 Å². The molecule has 2 rings (SSSR count). The van der Waals surface area contributed by atoms with Crippen molar-refractivity contribution in [1.82, 2.24) is 20.0 Å². The van der Waals surface area contributed by atoms with Gasteiger partial charge in [0, 0.05) is 49.5 Å². The van der Waals surface area contributed by atoms with Gasteiger partial charge in [-0.1, -0.05) is 13.8 Å². The zero-order valence-corrected chi connectivity index (χ0v) is 13.0. The molecule has 1 aromatic heterocycles. The lowest BCUT2D eigenvalue weighted by Gasteiger charge is -2.52. The van der Waals surface area contributed by atoms with Crippen LogP contribution in [0.1, 0.15) is 46.1 Å². The zero-order valence-electron chi connectivity index (χ0n) is 13.0. The Bertz CT molecular complexity index is 418. The van der Waals surface area contributed by atoms with Crippen molar-refractivity contribution in [2.75, 3.05) is 13.1 Å². The molecule has 108 valence electrons. The number of rotatable bonds is 4. The standard InChI is InChI=1S/C15H28N4/c1-6-15(7-2)12-19(14(3,4)11-16-15)10-13-8-17-18(5)9-13/h8-9,16H,6-7,10-12H2,1-5H3. The molecule has 1 aromatic rings. The van der Waals surface area contributed by atoms with Crippen LogP contribution in [0, 0.1) is 0 Å². The van der Waals surface area contributed by atoms with Crippen LogP contribution in [-0.2, 0) is 13.6 Å². The van der Waals surface area contributed by atoms with Gasteiger partial charge in [0.05, 0.1) is 6.20 Å². The Morgan fingerprint density at radius 1 is 1.32 bits per heavy atom. The Kier molecular flexibility index (Phi) is 4.02. The predicted octanol–water partition coefficient (Wildman–Crippen LogP) is 2.16. The quantitative estimate of drug-likeness (QED) is 0.904. The van der Waals surface area contributed by atoms with Crippen LogP contribution in [0.5, 0.6) is 0 Å². The lowest BCUT2D eigenvalue weighted by molar-refractivity contribution is 0.0161. The molecular formula is C15H28N4. The van der Waals surface area contributed by atoms with E-state index < -0.39 is 0 Å². The minimum absolute atomic E-state index is 0.198. The molecule has 0 radical (unpaired) electrons. The van der Waals surface area contributed by atoms with Crippen molar-refractivity contribution in [2.45, 2.75) is 58.2 Å². The van der Waals surface area contributed by atoms with Gasteiger partial charge in [-0.15, -0.1) is 0 Å². The molecule has 0 bridgehead atoms. The van der Waals surface area contributed by atoms with Crippen LogP contribution in [0.25, 0.3) is 0 Å². The van der Waals surface area contributed by atoms with E-state index in [2.05, 4.69) is 49.2 Å². The second kappa shape index (κ2) is 5.25. The number of hydrogen-bond donors (Lipinski definition) is 1. The van der Waals surface area contributed by atoms with Gasteiger partial charge in [0.2, 0.25) is 0 Å². The molecule has 4 heteroatoms. The molecule has 0 atom stereocenters. The highest BCUT2D eigenvalue weighted by atomic mass is 15.3. The van der Waals surface area contributed by atoms with Gasteiger partial charge in [0.15, 0.2) is 0 Å². The Balaban J connectivity index is 2.14. The van der Waals surface area contributed by atoms with Crippen LogP contribution >= 0.6 is 0 Å². The van der Waals surface area contributed by atoms with E-state index in [1.165, 1.54) is 18.4 Å². The molecular weight excluding hydrogens is 236 g/mol. The van der Waals surface area contributed by atoms with Crippen LogP contribution in [0.15, 0.2) is 12.4 Å². The molecule has 0 aliphatic carbocycles. The number of piperazine rings is 1. The van der Waals surface area contributed by atoms with Gasteiger partial charge < -0.3 is 5.32 Å². The van der Waals surface area contributed by atoms with Crippen molar-refractivity contribution in [3.8, 4) is 0 Å². The van der Waals surface area contributed by atoms with Gasteiger partial charge in [-0.3, -0.25) is 9.58 Å². The van der Waals surface area contributed by atoms with Gasteiger partial charge in [-0.25, -0.2) is 0 Å². The highest BCUT2D eigenvalue weighted by Gasteiger charge is 2.40. The smallest absolute Gasteiger partial charge is 0.0534 e. The third-order valence-corrected chi connectivity index (χ3v) is 4.73. The third-order valence-electron chi connectivity index (χ3n) is 4.73. The predicted molar refractivity (Wildman–Crippen MR) is 79.0 cm³/mol. The molecule has 2 heterocycles. The molecule has 4 nitrogen and oxygen atoms in total. The average molecular weight is 264 g/mol. The maximum atomic E-state index is 4.28. The van der Waals surface area contributed by atoms with Crippen molar-refractivity contribution < 1.29 is 0 Å². The number of aryl methyl sites for hydroxylation is 1. The van der Waals surface area contributed by atoms with E-state index in [4.69, 9.17) is 0 Å². The summed E-state index contributed by atoms with van der Waals surface area (Å²) in [5.41, 5.74) is 1.78. The first-order valence-corrected chi connectivity index (χ1v) is 7.38. The molecule has 0 amide bonds. The first kappa shape index (κ1) is 14.5. The van der Waals surface area contributed by atoms with Crippen molar-refractivity contribution in [2.24, 2.45) is 7.05 Å². The normalized spacial score (nSPS) is 22.6. The van der Waals surface area contributed by atoms with Crippen LogP contribution < -0.4 is 5.32 Å². The summed E-state index contributed by atoms with van der Waals surface area (Å²) < 4.78 is 1.89. The Labute approximate surface area is 117 Å². The van der Waals surface area contributed by atoms with Crippen molar-refractivity contribution >= 4 is 0 Å². The summed E-state index contributed by atoms with van der Waals surface area (Å²) in [4.78, 5) is 2.60. The molecule has 0 spiro atoms. The SMILES string of the molecule is CCC1(CC)CN(Cc2cnn(C)c2)C(C)(C)CN1. The molecule has 0 saturated carbocycles. The lowest BCUT2D eigenvalue weighted by Crippen LogP contribution is -2.67. The first-order chi connectivity index (χ1) is 8.91. The topological polar surface area (TPSA) is 33.1 Å². The summed E-state index contributed by atoms with van der Waals surface area (Å²) in [6.07, 6.45) is 6.47. The fraction of sp³-hybridized carbons (Fsp3) is 0.800. The molecule has 1 aliphatic rings. The summed E-state index contributed by atoms with van der Waals surface area (Å²) in [6.45, 7) is 12.4. The van der Waals surface area contributed by atoms with E-state index in [0.717, 1.165) is 19.6 Å².